The number of aromatic nitrogens is 4. The highest BCUT2D eigenvalue weighted by atomic mass is 16.6. The summed E-state index contributed by atoms with van der Waals surface area (Å²) in [6.07, 6.45) is 6.27. The number of fused-ring (bicyclic) bond motifs is 3. The number of rotatable bonds is 3. The molecule has 0 radical (unpaired) electrons. The van der Waals surface area contributed by atoms with Crippen LogP contribution < -0.4 is 15.1 Å². The number of benzene rings is 1. The second kappa shape index (κ2) is 10.3. The number of ether oxygens (including phenoxy) is 1. The maximum Gasteiger partial charge on any atom is 0.410 e. The highest BCUT2D eigenvalue weighted by Gasteiger charge is 2.34. The third-order valence-electron chi connectivity index (χ3n) is 7.40. The maximum atomic E-state index is 12.4. The molecule has 0 bridgehead atoms. The summed E-state index contributed by atoms with van der Waals surface area (Å²) < 4.78 is 5.49. The minimum absolute atomic E-state index is 0.187. The van der Waals surface area contributed by atoms with Gasteiger partial charge in [0.05, 0.1) is 17.4 Å². The molecule has 40 heavy (non-hydrogen) atoms. The van der Waals surface area contributed by atoms with Gasteiger partial charge in [0.2, 0.25) is 5.95 Å². The summed E-state index contributed by atoms with van der Waals surface area (Å²) in [6, 6.07) is 9.39. The summed E-state index contributed by atoms with van der Waals surface area (Å²) in [5.41, 5.74) is 3.92. The van der Waals surface area contributed by atoms with E-state index in [1.165, 1.54) is 0 Å². The van der Waals surface area contributed by atoms with Crippen LogP contribution in [0.5, 0.6) is 5.75 Å². The first-order chi connectivity index (χ1) is 19.2. The van der Waals surface area contributed by atoms with E-state index < -0.39 is 5.60 Å². The molecule has 3 aliphatic rings. The molecular weight excluding hydrogens is 508 g/mol. The zero-order valence-corrected chi connectivity index (χ0v) is 23.0. The predicted molar refractivity (Wildman–Crippen MR) is 153 cm³/mol. The van der Waals surface area contributed by atoms with Crippen molar-refractivity contribution < 1.29 is 14.6 Å². The molecule has 0 saturated carbocycles. The molecule has 2 aromatic heterocycles. The third kappa shape index (κ3) is 5.23. The van der Waals surface area contributed by atoms with E-state index in [2.05, 4.69) is 31.4 Å². The van der Waals surface area contributed by atoms with E-state index >= 15 is 0 Å². The fourth-order valence-corrected chi connectivity index (χ4v) is 5.37. The van der Waals surface area contributed by atoms with Gasteiger partial charge in [0.1, 0.15) is 11.4 Å². The van der Waals surface area contributed by atoms with Gasteiger partial charge in [0.15, 0.2) is 5.82 Å². The van der Waals surface area contributed by atoms with Crippen LogP contribution in [0.2, 0.25) is 0 Å². The molecule has 11 heteroatoms. The molecule has 0 unspecified atom stereocenters. The molecule has 2 N–H and O–H groups in total. The standard InChI is InChI=1S/C29H34N8O3/c1-29(2,3)40-28(39)35-10-8-19(9-11-35)20-15-31-27(32-16-20)36-12-13-37-21(18-36)17-30-26-24(37)14-23(33-34-26)22-6-4-5-7-25(22)38/h4-8,14-16,21,38H,9-13,17-18H2,1-3H3,(H,30,34)/t21-/m1/s1. The minimum atomic E-state index is -0.503. The zero-order chi connectivity index (χ0) is 27.9. The van der Waals surface area contributed by atoms with E-state index in [9.17, 15) is 9.90 Å². The smallest absolute Gasteiger partial charge is 0.410 e. The predicted octanol–water partition coefficient (Wildman–Crippen LogP) is 3.78. The maximum absolute atomic E-state index is 12.4. The summed E-state index contributed by atoms with van der Waals surface area (Å²) in [7, 11) is 0. The molecule has 0 spiro atoms. The van der Waals surface area contributed by atoms with Gasteiger partial charge in [-0.25, -0.2) is 14.8 Å². The van der Waals surface area contributed by atoms with E-state index in [-0.39, 0.29) is 17.9 Å². The van der Waals surface area contributed by atoms with Gasteiger partial charge in [-0.05, 0) is 51.0 Å². The lowest BCUT2D eigenvalue weighted by Gasteiger charge is -2.45. The Hall–Kier alpha value is -4.41. The number of para-hydroxylation sites is 1. The molecule has 11 nitrogen and oxygen atoms in total. The Bertz CT molecular complexity index is 1440. The van der Waals surface area contributed by atoms with E-state index in [4.69, 9.17) is 14.7 Å². The van der Waals surface area contributed by atoms with E-state index in [0.29, 0.717) is 30.3 Å². The number of hydrogen-bond acceptors (Lipinski definition) is 10. The first-order valence-corrected chi connectivity index (χ1v) is 13.7. The van der Waals surface area contributed by atoms with Crippen molar-refractivity contribution in [2.75, 3.05) is 54.4 Å². The van der Waals surface area contributed by atoms with Gasteiger partial charge in [0.25, 0.3) is 0 Å². The molecule has 3 aliphatic heterocycles. The largest absolute Gasteiger partial charge is 0.507 e. The van der Waals surface area contributed by atoms with Crippen LogP contribution in [0, 0.1) is 0 Å². The highest BCUT2D eigenvalue weighted by Crippen LogP contribution is 2.36. The van der Waals surface area contributed by atoms with Crippen molar-refractivity contribution in [2.45, 2.75) is 38.8 Å². The first kappa shape index (κ1) is 25.8. The average molecular weight is 543 g/mol. The lowest BCUT2D eigenvalue weighted by molar-refractivity contribution is 0.0270. The van der Waals surface area contributed by atoms with Crippen LogP contribution in [-0.4, -0.2) is 87.2 Å². The lowest BCUT2D eigenvalue weighted by atomic mass is 10.0. The monoisotopic (exact) mass is 542 g/mol. The van der Waals surface area contributed by atoms with Gasteiger partial charge in [-0.3, -0.25) is 0 Å². The molecule has 1 aromatic carbocycles. The van der Waals surface area contributed by atoms with Crippen molar-refractivity contribution in [2.24, 2.45) is 0 Å². The molecule has 1 atom stereocenters. The molecule has 0 aliphatic carbocycles. The molecule has 5 heterocycles. The number of anilines is 3. The average Bonchev–Trinajstić information content (AvgIpc) is 2.96. The van der Waals surface area contributed by atoms with E-state index in [0.717, 1.165) is 55.2 Å². The van der Waals surface area contributed by atoms with Crippen LogP contribution in [0.15, 0.2) is 48.8 Å². The summed E-state index contributed by atoms with van der Waals surface area (Å²) in [6.45, 7) is 9.83. The van der Waals surface area contributed by atoms with Crippen molar-refractivity contribution >= 4 is 29.1 Å². The number of phenolic OH excluding ortho intramolecular Hbond substituents is 1. The summed E-state index contributed by atoms with van der Waals surface area (Å²) in [5, 5.41) is 22.4. The van der Waals surface area contributed by atoms with Crippen LogP contribution >= 0.6 is 0 Å². The normalized spacial score (nSPS) is 18.8. The Kier molecular flexibility index (Phi) is 6.65. The third-order valence-corrected chi connectivity index (χ3v) is 7.40. The van der Waals surface area contributed by atoms with Crippen molar-refractivity contribution in [1.29, 1.82) is 0 Å². The molecule has 6 rings (SSSR count). The molecule has 208 valence electrons. The number of phenols is 1. The van der Waals surface area contributed by atoms with Crippen molar-refractivity contribution in [3.05, 3.63) is 54.4 Å². The Morgan fingerprint density at radius 3 is 2.62 bits per heavy atom. The topological polar surface area (TPSA) is 120 Å². The summed E-state index contributed by atoms with van der Waals surface area (Å²) in [5.74, 6) is 1.66. The van der Waals surface area contributed by atoms with Gasteiger partial charge in [-0.2, -0.15) is 0 Å². The van der Waals surface area contributed by atoms with Crippen LogP contribution in [0.25, 0.3) is 16.8 Å². The van der Waals surface area contributed by atoms with Crippen molar-refractivity contribution in [1.82, 2.24) is 25.1 Å². The quantitative estimate of drug-likeness (QED) is 0.506. The Morgan fingerprint density at radius 2 is 1.90 bits per heavy atom. The van der Waals surface area contributed by atoms with Gasteiger partial charge in [0, 0.05) is 62.8 Å². The van der Waals surface area contributed by atoms with Crippen LogP contribution in [0.4, 0.5) is 22.2 Å². The fraction of sp³-hybridized carbons (Fsp3) is 0.414. The molecule has 3 aromatic rings. The Morgan fingerprint density at radius 1 is 1.10 bits per heavy atom. The number of carbonyl (C=O) groups is 1. The lowest BCUT2D eigenvalue weighted by Crippen LogP contribution is -2.58. The number of piperazine rings is 1. The van der Waals surface area contributed by atoms with Crippen molar-refractivity contribution in [3.63, 3.8) is 0 Å². The number of aromatic hydroxyl groups is 1. The SMILES string of the molecule is CC(C)(C)OC(=O)N1CC=C(c2cnc(N3CCN4c5cc(-c6ccccc6O)nnc5NC[C@@H]4C3)nc2)CC1. The second-order valence-electron chi connectivity index (χ2n) is 11.3. The number of hydrogen-bond donors (Lipinski definition) is 2. The highest BCUT2D eigenvalue weighted by molar-refractivity contribution is 5.77. The Labute approximate surface area is 233 Å². The van der Waals surface area contributed by atoms with Crippen LogP contribution in [-0.2, 0) is 4.74 Å². The van der Waals surface area contributed by atoms with E-state index in [1.54, 1.807) is 17.0 Å². The molecule has 1 amide bonds. The van der Waals surface area contributed by atoms with Gasteiger partial charge in [-0.1, -0.05) is 18.2 Å². The van der Waals surface area contributed by atoms with E-state index in [1.807, 2.05) is 51.4 Å². The fourth-order valence-electron chi connectivity index (χ4n) is 5.37. The summed E-state index contributed by atoms with van der Waals surface area (Å²) in [4.78, 5) is 28.1. The first-order valence-electron chi connectivity index (χ1n) is 13.7. The number of nitrogens with zero attached hydrogens (tertiary/aromatic N) is 7. The zero-order valence-electron chi connectivity index (χ0n) is 23.0. The van der Waals surface area contributed by atoms with Gasteiger partial charge >= 0.3 is 6.09 Å². The van der Waals surface area contributed by atoms with Crippen LogP contribution in [0.3, 0.4) is 0 Å². The number of nitrogens with one attached hydrogen (secondary N) is 1. The summed E-state index contributed by atoms with van der Waals surface area (Å²) >= 11 is 0. The number of amides is 1. The van der Waals surface area contributed by atoms with Gasteiger partial charge in [-0.15, -0.1) is 10.2 Å². The molecule has 1 saturated heterocycles. The molecule has 1 fully saturated rings. The minimum Gasteiger partial charge on any atom is -0.507 e. The second-order valence-corrected chi connectivity index (χ2v) is 11.3. The number of carbonyl (C=O) groups excluding carboxylic acids is 1. The van der Waals surface area contributed by atoms with Crippen LogP contribution in [0.1, 0.15) is 32.8 Å². The van der Waals surface area contributed by atoms with Crippen molar-refractivity contribution in [3.8, 4) is 17.0 Å². The Balaban J connectivity index is 1.11. The van der Waals surface area contributed by atoms with Gasteiger partial charge < -0.3 is 29.9 Å². The molecular formula is C29H34N8O3.